The Kier molecular flexibility index (Phi) is 3.14. The van der Waals surface area contributed by atoms with Crippen molar-refractivity contribution in [3.05, 3.63) is 31.0 Å². The molecule has 1 rings (SSSR count). The molecule has 3 N–H and O–H groups in total. The van der Waals surface area contributed by atoms with Gasteiger partial charge >= 0.3 is 0 Å². The maximum absolute atomic E-state index is 5.48. The topological polar surface area (TPSA) is 50.9 Å². The molecule has 0 unspecified atom stereocenters. The molecule has 0 radical (unpaired) electrons. The first-order valence-corrected chi connectivity index (χ1v) is 3.89. The number of anilines is 2. The molecule has 0 fully saturated rings. The molecule has 0 aliphatic rings. The van der Waals surface area contributed by atoms with E-state index in [1.165, 1.54) is 0 Å². The second kappa shape index (κ2) is 4.38. The van der Waals surface area contributed by atoms with Crippen LogP contribution in [0, 0.1) is 0 Å². The first kappa shape index (κ1) is 8.59. The number of pyridine rings is 1. The number of nitrogens with zero attached hydrogens (tertiary/aromatic N) is 1. The van der Waals surface area contributed by atoms with E-state index in [4.69, 9.17) is 5.73 Å². The fourth-order valence-electron chi connectivity index (χ4n) is 0.812. The maximum atomic E-state index is 5.48. The van der Waals surface area contributed by atoms with Gasteiger partial charge in [-0.2, -0.15) is 0 Å². The van der Waals surface area contributed by atoms with Gasteiger partial charge in [-0.25, -0.2) is 4.98 Å². The lowest BCUT2D eigenvalue weighted by molar-refractivity contribution is 1.05. The standard InChI is InChI=1S/C9H13N3/c1-2-3-6-11-9-5-4-8(10)7-12-9/h2,4-5,7H,1,3,6,10H2,(H,11,12). The van der Waals surface area contributed by atoms with Crippen molar-refractivity contribution in [1.82, 2.24) is 4.98 Å². The smallest absolute Gasteiger partial charge is 0.126 e. The van der Waals surface area contributed by atoms with E-state index >= 15 is 0 Å². The van der Waals surface area contributed by atoms with Crippen LogP contribution in [-0.4, -0.2) is 11.5 Å². The van der Waals surface area contributed by atoms with Gasteiger partial charge < -0.3 is 11.1 Å². The molecule has 0 aliphatic heterocycles. The number of hydrogen-bond acceptors (Lipinski definition) is 3. The molecule has 3 heteroatoms. The monoisotopic (exact) mass is 163 g/mol. The number of nitrogens with two attached hydrogens (primary N) is 1. The third-order valence-electron chi connectivity index (χ3n) is 1.44. The van der Waals surface area contributed by atoms with E-state index < -0.39 is 0 Å². The van der Waals surface area contributed by atoms with Crippen LogP contribution in [0.25, 0.3) is 0 Å². The van der Waals surface area contributed by atoms with Crippen LogP contribution in [0.3, 0.4) is 0 Å². The summed E-state index contributed by atoms with van der Waals surface area (Å²) in [6.45, 7) is 4.49. The molecule has 0 spiro atoms. The second-order valence-corrected chi connectivity index (χ2v) is 2.48. The van der Waals surface area contributed by atoms with Gasteiger partial charge in [-0.15, -0.1) is 6.58 Å². The summed E-state index contributed by atoms with van der Waals surface area (Å²) in [7, 11) is 0. The maximum Gasteiger partial charge on any atom is 0.126 e. The van der Waals surface area contributed by atoms with Gasteiger partial charge in [-0.1, -0.05) is 6.08 Å². The molecule has 1 aromatic heterocycles. The van der Waals surface area contributed by atoms with Crippen molar-refractivity contribution in [2.75, 3.05) is 17.6 Å². The van der Waals surface area contributed by atoms with Crippen LogP contribution in [0.2, 0.25) is 0 Å². The Morgan fingerprint density at radius 2 is 2.42 bits per heavy atom. The normalized spacial score (nSPS) is 9.33. The van der Waals surface area contributed by atoms with Crippen molar-refractivity contribution < 1.29 is 0 Å². The summed E-state index contributed by atoms with van der Waals surface area (Å²) in [5.74, 6) is 0.853. The highest BCUT2D eigenvalue weighted by Crippen LogP contribution is 2.05. The molecule has 0 aromatic carbocycles. The van der Waals surface area contributed by atoms with Crippen molar-refractivity contribution in [3.8, 4) is 0 Å². The van der Waals surface area contributed by atoms with Gasteiger partial charge in [-0.3, -0.25) is 0 Å². The molecule has 1 aromatic rings. The highest BCUT2D eigenvalue weighted by atomic mass is 15.0. The molecule has 3 nitrogen and oxygen atoms in total. The van der Waals surface area contributed by atoms with Crippen LogP contribution < -0.4 is 11.1 Å². The third-order valence-corrected chi connectivity index (χ3v) is 1.44. The summed E-state index contributed by atoms with van der Waals surface area (Å²) in [5, 5.41) is 3.13. The summed E-state index contributed by atoms with van der Waals surface area (Å²) < 4.78 is 0. The van der Waals surface area contributed by atoms with Crippen molar-refractivity contribution in [2.45, 2.75) is 6.42 Å². The summed E-state index contributed by atoms with van der Waals surface area (Å²) in [6.07, 6.45) is 4.44. The Hall–Kier alpha value is -1.51. The molecular formula is C9H13N3. The lowest BCUT2D eigenvalue weighted by Crippen LogP contribution is -2.01. The molecule has 0 aliphatic carbocycles. The highest BCUT2D eigenvalue weighted by Gasteiger charge is 1.90. The number of rotatable bonds is 4. The second-order valence-electron chi connectivity index (χ2n) is 2.48. The van der Waals surface area contributed by atoms with E-state index in [0.717, 1.165) is 18.8 Å². The van der Waals surface area contributed by atoms with Gasteiger partial charge in [0.1, 0.15) is 5.82 Å². The van der Waals surface area contributed by atoms with Gasteiger partial charge in [0.2, 0.25) is 0 Å². The Bertz CT molecular complexity index is 240. The van der Waals surface area contributed by atoms with Crippen LogP contribution in [0.1, 0.15) is 6.42 Å². The zero-order valence-electron chi connectivity index (χ0n) is 6.96. The van der Waals surface area contributed by atoms with E-state index in [2.05, 4.69) is 16.9 Å². The van der Waals surface area contributed by atoms with Crippen LogP contribution in [0.4, 0.5) is 11.5 Å². The minimum atomic E-state index is 0.685. The average Bonchev–Trinajstić information content (AvgIpc) is 2.09. The fraction of sp³-hybridized carbons (Fsp3) is 0.222. The first-order valence-electron chi connectivity index (χ1n) is 3.89. The van der Waals surface area contributed by atoms with Crippen molar-refractivity contribution >= 4 is 11.5 Å². The first-order chi connectivity index (χ1) is 5.83. The lowest BCUT2D eigenvalue weighted by atomic mass is 10.4. The average molecular weight is 163 g/mol. The van der Waals surface area contributed by atoms with Crippen molar-refractivity contribution in [1.29, 1.82) is 0 Å². The molecule has 0 saturated carbocycles. The number of aromatic nitrogens is 1. The Balaban J connectivity index is 2.42. The molecule has 0 amide bonds. The van der Waals surface area contributed by atoms with Gasteiger partial charge in [0.25, 0.3) is 0 Å². The van der Waals surface area contributed by atoms with Crippen LogP contribution in [0.15, 0.2) is 31.0 Å². The van der Waals surface area contributed by atoms with Crippen LogP contribution in [-0.2, 0) is 0 Å². The lowest BCUT2D eigenvalue weighted by Gasteiger charge is -2.02. The van der Waals surface area contributed by atoms with Gasteiger partial charge in [-0.05, 0) is 18.6 Å². The molecule has 1 heterocycles. The minimum absolute atomic E-state index is 0.685. The Morgan fingerprint density at radius 1 is 1.58 bits per heavy atom. The van der Waals surface area contributed by atoms with Crippen molar-refractivity contribution in [3.63, 3.8) is 0 Å². The van der Waals surface area contributed by atoms with Crippen LogP contribution >= 0.6 is 0 Å². The molecule has 64 valence electrons. The Morgan fingerprint density at radius 3 is 3.00 bits per heavy atom. The fourth-order valence-corrected chi connectivity index (χ4v) is 0.812. The van der Waals surface area contributed by atoms with E-state index in [9.17, 15) is 0 Å². The van der Waals surface area contributed by atoms with E-state index in [1.54, 1.807) is 6.20 Å². The molecule has 0 saturated heterocycles. The largest absolute Gasteiger partial charge is 0.397 e. The molecule has 0 atom stereocenters. The van der Waals surface area contributed by atoms with Gasteiger partial charge in [0.15, 0.2) is 0 Å². The molecular weight excluding hydrogens is 150 g/mol. The molecule has 0 bridgehead atoms. The third kappa shape index (κ3) is 2.62. The van der Waals surface area contributed by atoms with Gasteiger partial charge in [0.05, 0.1) is 11.9 Å². The van der Waals surface area contributed by atoms with E-state index in [-0.39, 0.29) is 0 Å². The summed E-state index contributed by atoms with van der Waals surface area (Å²) >= 11 is 0. The minimum Gasteiger partial charge on any atom is -0.397 e. The summed E-state index contributed by atoms with van der Waals surface area (Å²) in [4.78, 5) is 4.08. The van der Waals surface area contributed by atoms with Gasteiger partial charge in [0, 0.05) is 6.54 Å². The zero-order chi connectivity index (χ0) is 8.81. The van der Waals surface area contributed by atoms with E-state index in [1.807, 2.05) is 18.2 Å². The Labute approximate surface area is 72.3 Å². The summed E-state index contributed by atoms with van der Waals surface area (Å²) in [6, 6.07) is 3.68. The number of hydrogen-bond donors (Lipinski definition) is 2. The number of nitrogen functional groups attached to an aromatic ring is 1. The highest BCUT2D eigenvalue weighted by molar-refractivity contribution is 5.43. The van der Waals surface area contributed by atoms with E-state index in [0.29, 0.717) is 5.69 Å². The zero-order valence-corrected chi connectivity index (χ0v) is 6.96. The predicted molar refractivity (Wildman–Crippen MR) is 52.0 cm³/mol. The SMILES string of the molecule is C=CCCNc1ccc(N)cn1. The number of nitrogens with one attached hydrogen (secondary N) is 1. The van der Waals surface area contributed by atoms with Crippen LogP contribution in [0.5, 0.6) is 0 Å². The quantitative estimate of drug-likeness (QED) is 0.524. The molecule has 12 heavy (non-hydrogen) atoms. The van der Waals surface area contributed by atoms with Crippen molar-refractivity contribution in [2.24, 2.45) is 0 Å². The summed E-state index contributed by atoms with van der Waals surface area (Å²) in [5.41, 5.74) is 6.16. The predicted octanol–water partition coefficient (Wildman–Crippen LogP) is 1.65.